The number of aromatic hydroxyl groups is 7. The summed E-state index contributed by atoms with van der Waals surface area (Å²) in [6, 6.07) is 25.6. The number of benzene rings is 5. The van der Waals surface area contributed by atoms with Crippen LogP contribution in [-0.2, 0) is 6.54 Å². The molecule has 52 heavy (non-hydrogen) atoms. The molecule has 0 atom stereocenters. The average Bonchev–Trinajstić information content (AvgIpc) is 3.29. The Morgan fingerprint density at radius 1 is 0.654 bits per heavy atom. The summed E-state index contributed by atoms with van der Waals surface area (Å²) in [4.78, 5) is 9.09. The van der Waals surface area contributed by atoms with E-state index < -0.39 is 46.8 Å². The van der Waals surface area contributed by atoms with Crippen LogP contribution < -0.4 is 5.73 Å². The molecule has 1 aromatic heterocycles. The van der Waals surface area contributed by atoms with Crippen molar-refractivity contribution in [1.82, 2.24) is 4.57 Å². The smallest absolute Gasteiger partial charge is 0.206 e. The highest BCUT2D eigenvalue weighted by molar-refractivity contribution is 6.21. The minimum atomic E-state index is -1.04. The Kier molecular flexibility index (Phi) is 8.53. The molecule has 260 valence electrons. The number of rotatable bonds is 6. The van der Waals surface area contributed by atoms with Gasteiger partial charge < -0.3 is 46.0 Å². The minimum absolute atomic E-state index is 0.135. The van der Waals surface area contributed by atoms with Crippen molar-refractivity contribution in [3.63, 3.8) is 0 Å². The highest BCUT2D eigenvalue weighted by Gasteiger charge is 2.32. The molecule has 0 bridgehead atoms. The highest BCUT2D eigenvalue weighted by atomic mass is 16.3. The van der Waals surface area contributed by atoms with E-state index in [1.807, 2.05) is 72.8 Å². The molecular weight excluding hydrogens is 660 g/mol. The van der Waals surface area contributed by atoms with Gasteiger partial charge in [-0.3, -0.25) is 4.99 Å². The highest BCUT2D eigenvalue weighted by Crippen LogP contribution is 2.57. The van der Waals surface area contributed by atoms with E-state index in [1.54, 1.807) is 37.3 Å². The van der Waals surface area contributed by atoms with Gasteiger partial charge in [-0.05, 0) is 53.8 Å². The molecule has 0 fully saturated rings. The fourth-order valence-corrected chi connectivity index (χ4v) is 6.45. The summed E-state index contributed by atoms with van der Waals surface area (Å²) >= 11 is 0. The molecule has 11 heteroatoms. The lowest BCUT2D eigenvalue weighted by Crippen LogP contribution is -2.10. The van der Waals surface area contributed by atoms with Gasteiger partial charge in [-0.1, -0.05) is 91.0 Å². The van der Waals surface area contributed by atoms with Crippen molar-refractivity contribution in [3.8, 4) is 62.5 Å². The van der Waals surface area contributed by atoms with E-state index in [0.717, 1.165) is 22.3 Å². The molecule has 0 unspecified atom stereocenters. The van der Waals surface area contributed by atoms with Crippen LogP contribution in [0, 0.1) is 0 Å². The summed E-state index contributed by atoms with van der Waals surface area (Å²) < 4.78 is 1.32. The number of allylic oxidation sites excluding steroid dienone is 6. The van der Waals surface area contributed by atoms with E-state index in [2.05, 4.69) is 16.1 Å². The molecule has 0 radical (unpaired) electrons. The van der Waals surface area contributed by atoms with E-state index in [9.17, 15) is 35.7 Å². The number of nitrogens with zero attached hydrogens (tertiary/aromatic N) is 3. The van der Waals surface area contributed by atoms with Crippen molar-refractivity contribution in [2.75, 3.05) is 0 Å². The molecule has 0 saturated carbocycles. The molecule has 9 N–H and O–H groups in total. The Morgan fingerprint density at radius 3 is 1.96 bits per heavy atom. The summed E-state index contributed by atoms with van der Waals surface area (Å²) in [5, 5.41) is 76.9. The van der Waals surface area contributed by atoms with E-state index in [4.69, 9.17) is 5.73 Å². The van der Waals surface area contributed by atoms with Gasteiger partial charge in [0.25, 0.3) is 0 Å². The molecule has 7 rings (SSSR count). The van der Waals surface area contributed by atoms with E-state index in [1.165, 1.54) is 4.57 Å². The van der Waals surface area contributed by atoms with Crippen molar-refractivity contribution in [3.05, 3.63) is 120 Å². The van der Waals surface area contributed by atoms with E-state index in [-0.39, 0.29) is 39.0 Å². The second-order valence-electron chi connectivity index (χ2n) is 12.3. The van der Waals surface area contributed by atoms with Gasteiger partial charge in [-0.15, -0.1) is 0 Å². The third-order valence-electron chi connectivity index (χ3n) is 8.89. The van der Waals surface area contributed by atoms with Crippen LogP contribution in [0.2, 0.25) is 0 Å². The zero-order chi connectivity index (χ0) is 36.7. The third kappa shape index (κ3) is 5.69. The Balaban J connectivity index is 1.39. The van der Waals surface area contributed by atoms with E-state index in [0.29, 0.717) is 17.7 Å². The Bertz CT molecular complexity index is 2560. The van der Waals surface area contributed by atoms with Gasteiger partial charge in [0.15, 0.2) is 28.8 Å². The van der Waals surface area contributed by atoms with Crippen LogP contribution in [0.15, 0.2) is 119 Å². The van der Waals surface area contributed by atoms with Crippen LogP contribution in [0.3, 0.4) is 0 Å². The second-order valence-corrected chi connectivity index (χ2v) is 12.3. The van der Waals surface area contributed by atoms with Gasteiger partial charge in [0.05, 0.1) is 28.7 Å². The van der Waals surface area contributed by atoms with Crippen molar-refractivity contribution in [2.24, 2.45) is 15.7 Å². The first-order valence-corrected chi connectivity index (χ1v) is 16.3. The molecule has 11 nitrogen and oxygen atoms in total. The number of fused-ring (bicyclic) bond motifs is 3. The monoisotopic (exact) mass is 694 g/mol. The second kappa shape index (κ2) is 13.3. The first-order chi connectivity index (χ1) is 25.1. The van der Waals surface area contributed by atoms with Gasteiger partial charge in [-0.25, -0.2) is 4.99 Å². The van der Waals surface area contributed by atoms with Crippen LogP contribution >= 0.6 is 0 Å². The molecule has 0 aliphatic heterocycles. The lowest BCUT2D eigenvalue weighted by atomic mass is 9.98. The van der Waals surface area contributed by atoms with Crippen LogP contribution in [-0.4, -0.2) is 52.0 Å². The van der Waals surface area contributed by atoms with Crippen LogP contribution in [0.4, 0.5) is 0 Å². The number of phenols is 7. The molecule has 1 heterocycles. The number of aliphatic imine (C=N–C) groups is 2. The van der Waals surface area contributed by atoms with Gasteiger partial charge in [0.2, 0.25) is 11.5 Å². The maximum absolute atomic E-state index is 11.9. The van der Waals surface area contributed by atoms with Gasteiger partial charge in [0, 0.05) is 11.3 Å². The Morgan fingerprint density at radius 2 is 1.25 bits per heavy atom. The number of amidine groups is 2. The zero-order valence-electron chi connectivity index (χ0n) is 27.9. The van der Waals surface area contributed by atoms with Gasteiger partial charge in [-0.2, -0.15) is 0 Å². The number of hydrogen-bond donors (Lipinski definition) is 8. The van der Waals surface area contributed by atoms with Crippen molar-refractivity contribution >= 4 is 39.2 Å². The fraction of sp³-hybridized carbons (Fsp3) is 0.0732. The van der Waals surface area contributed by atoms with Crippen LogP contribution in [0.1, 0.15) is 24.5 Å². The van der Waals surface area contributed by atoms with Crippen molar-refractivity contribution < 1.29 is 35.7 Å². The molecule has 5 aromatic carbocycles. The maximum atomic E-state index is 11.9. The van der Waals surface area contributed by atoms with Crippen LogP contribution in [0.5, 0.6) is 40.2 Å². The topological polar surface area (TPSA) is 197 Å². The fourth-order valence-electron chi connectivity index (χ4n) is 6.45. The SMILES string of the molecule is C/C(N)=N/C(=N\Cc1c(O)c(O)c2c3c(O)c(O)c(O)c(O)c3n(C3=CCC=CC=C3)c2c1O)c1cccc(-c2cccc(-c3ccccc3)c2)c1. The first-order valence-electron chi connectivity index (χ1n) is 16.3. The molecular formula is C41H34N4O7. The van der Waals surface area contributed by atoms with Crippen molar-refractivity contribution in [2.45, 2.75) is 19.9 Å². The first kappa shape index (κ1) is 33.4. The number of phenolic OH excluding ortho intramolecular Hbond substituents is 7. The molecule has 0 saturated heterocycles. The summed E-state index contributed by atoms with van der Waals surface area (Å²) in [6.45, 7) is 1.20. The summed E-state index contributed by atoms with van der Waals surface area (Å²) in [7, 11) is 0. The van der Waals surface area contributed by atoms with Crippen LogP contribution in [0.25, 0.3) is 49.8 Å². The summed E-state index contributed by atoms with van der Waals surface area (Å²) in [5.74, 6) is -5.44. The Labute approximate surface area is 297 Å². The van der Waals surface area contributed by atoms with Gasteiger partial charge >= 0.3 is 0 Å². The van der Waals surface area contributed by atoms with E-state index >= 15 is 0 Å². The zero-order valence-corrected chi connectivity index (χ0v) is 27.9. The number of aromatic nitrogens is 1. The molecule has 1 aliphatic carbocycles. The lowest BCUT2D eigenvalue weighted by Gasteiger charge is -2.14. The predicted octanol–water partition coefficient (Wildman–Crippen LogP) is 7.75. The number of nitrogens with two attached hydrogens (primary N) is 1. The normalized spacial score (nSPS) is 13.5. The third-order valence-corrected chi connectivity index (χ3v) is 8.89. The average molecular weight is 695 g/mol. The maximum Gasteiger partial charge on any atom is 0.206 e. The molecule has 6 aromatic rings. The summed E-state index contributed by atoms with van der Waals surface area (Å²) in [6.07, 6.45) is 9.21. The molecule has 0 amide bonds. The predicted molar refractivity (Wildman–Crippen MR) is 203 cm³/mol. The lowest BCUT2D eigenvalue weighted by molar-refractivity contribution is 0.350. The standard InChI is InChI=1S/C41H34N4O7/c1-22(42)44-41(27-16-10-15-26(20-27)25-14-9-13-24(19-25)23-11-5-4-6-12-23)43-21-29-34(46)32-30(36(48)35(29)47)31-33(38(50)40(52)39(51)37(31)49)45(32)28-17-7-2-3-8-18-28/h2-7,9-20,46-52H,8,21H2,1H3,(H2,42,43,44). The molecule has 0 spiro atoms. The molecule has 1 aliphatic rings. The van der Waals surface area contributed by atoms with Crippen molar-refractivity contribution in [1.29, 1.82) is 0 Å². The quantitative estimate of drug-likeness (QED) is 0.0375. The summed E-state index contributed by atoms with van der Waals surface area (Å²) in [5.41, 5.74) is 10.4. The Hall–Kier alpha value is -7.14. The minimum Gasteiger partial charge on any atom is -0.505 e. The van der Waals surface area contributed by atoms with Gasteiger partial charge in [0.1, 0.15) is 16.8 Å². The largest absolute Gasteiger partial charge is 0.505 e. The number of hydrogen-bond acceptors (Lipinski definition) is 8.